The number of nitrogens with one attached hydrogen (secondary N) is 2. The third-order valence-electron chi connectivity index (χ3n) is 3.63. The van der Waals surface area contributed by atoms with E-state index in [0.717, 1.165) is 6.07 Å². The van der Waals surface area contributed by atoms with Gasteiger partial charge in [0.05, 0.1) is 17.6 Å². The molecule has 0 saturated carbocycles. The number of halogens is 4. The van der Waals surface area contributed by atoms with Crippen LogP contribution in [0.5, 0.6) is 0 Å². The number of carbonyl (C=O) groups is 2. The Hall–Kier alpha value is -2.69. The number of carbonyl (C=O) groups excluding carboxylic acids is 2. The van der Waals surface area contributed by atoms with E-state index in [1.165, 1.54) is 12.1 Å². The Balaban J connectivity index is 1.64. The first-order chi connectivity index (χ1) is 13.1. The number of alkyl halides is 3. The van der Waals surface area contributed by atoms with Gasteiger partial charge in [0.15, 0.2) is 5.13 Å². The molecule has 1 aromatic heterocycles. The fraction of sp³-hybridized carbons (Fsp3) is 0.353. The number of unbranched alkanes of at least 4 members (excludes halogenated alkanes) is 2. The summed E-state index contributed by atoms with van der Waals surface area (Å²) < 4.78 is 50.5. The van der Waals surface area contributed by atoms with Crippen LogP contribution in [-0.4, -0.2) is 16.8 Å². The largest absolute Gasteiger partial charge is 0.427 e. The predicted molar refractivity (Wildman–Crippen MR) is 98.3 cm³/mol. The van der Waals surface area contributed by atoms with Crippen molar-refractivity contribution in [1.82, 2.24) is 4.98 Å². The van der Waals surface area contributed by atoms with Crippen LogP contribution in [0.25, 0.3) is 0 Å². The van der Waals surface area contributed by atoms with Crippen LogP contribution in [0.4, 0.5) is 34.1 Å². The number of amides is 2. The number of anilines is 3. The van der Waals surface area contributed by atoms with E-state index in [9.17, 15) is 27.2 Å². The summed E-state index contributed by atoms with van der Waals surface area (Å²) in [6.45, 7) is 0. The van der Waals surface area contributed by atoms with Gasteiger partial charge in [0.1, 0.15) is 10.7 Å². The molecule has 0 fully saturated rings. The number of nitrogens with two attached hydrogens (primary N) is 1. The fourth-order valence-electron chi connectivity index (χ4n) is 2.24. The lowest BCUT2D eigenvalue weighted by molar-refractivity contribution is -0.134. The quantitative estimate of drug-likeness (QED) is 0.336. The van der Waals surface area contributed by atoms with Gasteiger partial charge in [-0.25, -0.2) is 9.37 Å². The third kappa shape index (κ3) is 6.80. The molecule has 1 aromatic carbocycles. The molecule has 2 aromatic rings. The maximum Gasteiger partial charge on any atom is 0.427 e. The minimum atomic E-state index is -4.49. The van der Waals surface area contributed by atoms with Crippen molar-refractivity contribution in [1.29, 1.82) is 0 Å². The predicted octanol–water partition coefficient (Wildman–Crippen LogP) is 4.41. The van der Waals surface area contributed by atoms with Crippen LogP contribution in [0.2, 0.25) is 0 Å². The summed E-state index contributed by atoms with van der Waals surface area (Å²) in [4.78, 5) is 26.2. The Morgan fingerprint density at radius 1 is 1.07 bits per heavy atom. The van der Waals surface area contributed by atoms with Crippen LogP contribution in [0.3, 0.4) is 0 Å². The topological polar surface area (TPSA) is 97.1 Å². The number of rotatable bonds is 8. The molecule has 0 spiro atoms. The van der Waals surface area contributed by atoms with E-state index in [1.54, 1.807) is 0 Å². The van der Waals surface area contributed by atoms with E-state index in [0.29, 0.717) is 36.8 Å². The maximum absolute atomic E-state index is 13.1. The normalized spacial score (nSPS) is 11.3. The molecule has 0 aliphatic carbocycles. The van der Waals surface area contributed by atoms with Crippen LogP contribution in [-0.2, 0) is 15.8 Å². The molecule has 2 rings (SSSR count). The monoisotopic (exact) mass is 418 g/mol. The molecule has 0 atom stereocenters. The molecule has 0 aliphatic rings. The second-order valence-corrected chi connectivity index (χ2v) is 6.95. The highest BCUT2D eigenvalue weighted by Crippen LogP contribution is 2.35. The number of aromatic nitrogens is 1. The number of nitrogen functional groups attached to an aromatic ring is 1. The molecule has 1 heterocycles. The number of thiazole rings is 1. The van der Waals surface area contributed by atoms with Crippen molar-refractivity contribution in [2.45, 2.75) is 38.3 Å². The van der Waals surface area contributed by atoms with Crippen molar-refractivity contribution in [3.63, 3.8) is 0 Å². The highest BCUT2D eigenvalue weighted by Gasteiger charge is 2.33. The Morgan fingerprint density at radius 2 is 1.71 bits per heavy atom. The highest BCUT2D eigenvalue weighted by molar-refractivity contribution is 7.15. The van der Waals surface area contributed by atoms with E-state index in [1.807, 2.05) is 0 Å². The number of hydrogen-bond acceptors (Lipinski definition) is 5. The minimum Gasteiger partial charge on any atom is -0.397 e. The van der Waals surface area contributed by atoms with Crippen molar-refractivity contribution in [2.75, 3.05) is 16.4 Å². The van der Waals surface area contributed by atoms with E-state index in [2.05, 4.69) is 15.6 Å². The summed E-state index contributed by atoms with van der Waals surface area (Å²) in [5, 5.41) is 4.73. The molecule has 0 bridgehead atoms. The summed E-state index contributed by atoms with van der Waals surface area (Å²) in [6.07, 6.45) is -2.05. The first kappa shape index (κ1) is 21.6. The second kappa shape index (κ2) is 9.49. The molecule has 2 amide bonds. The number of benzene rings is 1. The van der Waals surface area contributed by atoms with Crippen molar-refractivity contribution >= 4 is 39.7 Å². The SMILES string of the molecule is Nc1ccc(F)cc1NC(=O)CCCCCC(=O)Nc1ncc(C(F)(F)F)s1. The fourth-order valence-corrected chi connectivity index (χ4v) is 2.94. The van der Waals surface area contributed by atoms with Gasteiger partial charge in [0, 0.05) is 12.8 Å². The molecule has 4 N–H and O–H groups in total. The van der Waals surface area contributed by atoms with Crippen LogP contribution >= 0.6 is 11.3 Å². The lowest BCUT2D eigenvalue weighted by atomic mass is 10.1. The summed E-state index contributed by atoms with van der Waals surface area (Å²) in [5.41, 5.74) is 6.10. The Bertz CT molecular complexity index is 839. The zero-order chi connectivity index (χ0) is 20.7. The third-order valence-corrected chi connectivity index (χ3v) is 4.59. The molecule has 0 saturated heterocycles. The molecule has 6 nitrogen and oxygen atoms in total. The van der Waals surface area contributed by atoms with Crippen molar-refractivity contribution in [3.05, 3.63) is 35.1 Å². The molecule has 0 radical (unpaired) electrons. The van der Waals surface area contributed by atoms with Gasteiger partial charge in [-0.3, -0.25) is 9.59 Å². The van der Waals surface area contributed by atoms with Gasteiger partial charge in [-0.2, -0.15) is 13.2 Å². The molecular weight excluding hydrogens is 400 g/mol. The van der Waals surface area contributed by atoms with Crippen molar-refractivity contribution in [2.24, 2.45) is 0 Å². The van der Waals surface area contributed by atoms with Gasteiger partial charge < -0.3 is 16.4 Å². The van der Waals surface area contributed by atoms with E-state index in [4.69, 9.17) is 5.73 Å². The van der Waals surface area contributed by atoms with Crippen LogP contribution in [0.1, 0.15) is 37.0 Å². The van der Waals surface area contributed by atoms with E-state index >= 15 is 0 Å². The standard InChI is InChI=1S/C17H18F4N4O2S/c18-10-6-7-11(22)12(8-10)24-14(26)4-2-1-3-5-15(27)25-16-23-9-13(28-16)17(19,20)21/h6-9H,1-5,22H2,(H,24,26)(H,23,25,27). The second-order valence-electron chi connectivity index (χ2n) is 5.92. The molecule has 0 aliphatic heterocycles. The minimum absolute atomic E-state index is 0.0966. The molecule has 152 valence electrons. The van der Waals surface area contributed by atoms with E-state index < -0.39 is 22.8 Å². The average Bonchev–Trinajstić information content (AvgIpc) is 3.06. The summed E-state index contributed by atoms with van der Waals surface area (Å²) in [5.74, 6) is -1.29. The summed E-state index contributed by atoms with van der Waals surface area (Å²) in [6, 6.07) is 3.66. The smallest absolute Gasteiger partial charge is 0.397 e. The molecule has 11 heteroatoms. The first-order valence-corrected chi connectivity index (χ1v) is 9.14. The Kier molecular flexibility index (Phi) is 7.32. The zero-order valence-corrected chi connectivity index (χ0v) is 15.4. The summed E-state index contributed by atoms with van der Waals surface area (Å²) >= 11 is 0.361. The maximum atomic E-state index is 13.1. The van der Waals surface area contributed by atoms with Gasteiger partial charge in [0.2, 0.25) is 11.8 Å². The van der Waals surface area contributed by atoms with Gasteiger partial charge in [0.25, 0.3) is 0 Å². The molecule has 28 heavy (non-hydrogen) atoms. The molecule has 0 unspecified atom stereocenters. The van der Waals surface area contributed by atoms with Gasteiger partial charge in [-0.1, -0.05) is 17.8 Å². The van der Waals surface area contributed by atoms with Crippen LogP contribution < -0.4 is 16.4 Å². The number of hydrogen-bond donors (Lipinski definition) is 3. The lowest BCUT2D eigenvalue weighted by Gasteiger charge is -2.08. The van der Waals surface area contributed by atoms with Gasteiger partial charge >= 0.3 is 6.18 Å². The first-order valence-electron chi connectivity index (χ1n) is 8.33. The lowest BCUT2D eigenvalue weighted by Crippen LogP contribution is -2.13. The van der Waals surface area contributed by atoms with Crippen molar-refractivity contribution < 1.29 is 27.2 Å². The van der Waals surface area contributed by atoms with Gasteiger partial charge in [-0.15, -0.1) is 0 Å². The Morgan fingerprint density at radius 3 is 2.32 bits per heavy atom. The van der Waals surface area contributed by atoms with Gasteiger partial charge in [-0.05, 0) is 31.0 Å². The van der Waals surface area contributed by atoms with E-state index in [-0.39, 0.29) is 35.3 Å². The Labute approximate surface area is 162 Å². The number of nitrogens with zero attached hydrogens (tertiary/aromatic N) is 1. The zero-order valence-electron chi connectivity index (χ0n) is 14.6. The summed E-state index contributed by atoms with van der Waals surface area (Å²) in [7, 11) is 0. The highest BCUT2D eigenvalue weighted by atomic mass is 32.1. The van der Waals surface area contributed by atoms with Crippen LogP contribution in [0.15, 0.2) is 24.4 Å². The van der Waals surface area contributed by atoms with Crippen LogP contribution in [0, 0.1) is 5.82 Å². The average molecular weight is 418 g/mol. The molecular formula is C17H18F4N4O2S. The van der Waals surface area contributed by atoms with Crippen molar-refractivity contribution in [3.8, 4) is 0 Å².